The van der Waals surface area contributed by atoms with Crippen LogP contribution in [0.4, 0.5) is 5.69 Å². The number of methoxy groups -OCH3 is 1. The van der Waals surface area contributed by atoms with Crippen molar-refractivity contribution in [2.45, 2.75) is 40.2 Å². The van der Waals surface area contributed by atoms with Crippen molar-refractivity contribution in [1.29, 1.82) is 0 Å². The number of benzene rings is 1. The van der Waals surface area contributed by atoms with Gasteiger partial charge in [0.2, 0.25) is 0 Å². The maximum Gasteiger partial charge on any atom is 0.349 e. The monoisotopic (exact) mass is 361 g/mol. The van der Waals surface area contributed by atoms with E-state index in [9.17, 15) is 9.59 Å². The number of nitrogens with one attached hydrogen (secondary N) is 1. The molecule has 1 N–H and O–H groups in total. The third-order valence-corrected chi connectivity index (χ3v) is 5.17. The van der Waals surface area contributed by atoms with Crippen molar-refractivity contribution in [3.05, 3.63) is 45.1 Å². The molecule has 6 heteroatoms. The molecule has 0 spiro atoms. The molecule has 0 bridgehead atoms. The SMILES string of the molecule is CCc1sc(C(=O)O[C@H](C)C(=O)Nc2cc(C)ccc2OC)cc1C. The number of ether oxygens (including phenoxy) is 2. The van der Waals surface area contributed by atoms with E-state index in [1.807, 2.05) is 26.8 Å². The lowest BCUT2D eigenvalue weighted by atomic mass is 10.2. The Labute approximate surface area is 152 Å². The van der Waals surface area contributed by atoms with Gasteiger partial charge >= 0.3 is 5.97 Å². The lowest BCUT2D eigenvalue weighted by Gasteiger charge is -2.15. The summed E-state index contributed by atoms with van der Waals surface area (Å²) in [5.41, 5.74) is 2.61. The minimum atomic E-state index is -0.912. The summed E-state index contributed by atoms with van der Waals surface area (Å²) in [6.07, 6.45) is -0.0438. The summed E-state index contributed by atoms with van der Waals surface area (Å²) in [4.78, 5) is 26.3. The lowest BCUT2D eigenvalue weighted by molar-refractivity contribution is -0.123. The van der Waals surface area contributed by atoms with Gasteiger partial charge in [-0.1, -0.05) is 13.0 Å². The second-order valence-corrected chi connectivity index (χ2v) is 6.95. The third-order valence-electron chi connectivity index (χ3n) is 3.81. The van der Waals surface area contributed by atoms with Crippen LogP contribution in [0.25, 0.3) is 0 Å². The third kappa shape index (κ3) is 4.60. The quantitative estimate of drug-likeness (QED) is 0.786. The van der Waals surface area contributed by atoms with Gasteiger partial charge < -0.3 is 14.8 Å². The van der Waals surface area contributed by atoms with E-state index in [0.29, 0.717) is 16.3 Å². The highest BCUT2D eigenvalue weighted by Gasteiger charge is 2.22. The van der Waals surface area contributed by atoms with Gasteiger partial charge in [-0.25, -0.2) is 4.79 Å². The molecule has 0 aliphatic rings. The topological polar surface area (TPSA) is 64.6 Å². The van der Waals surface area contributed by atoms with Crippen molar-refractivity contribution < 1.29 is 19.1 Å². The molecule has 0 aliphatic carbocycles. The highest BCUT2D eigenvalue weighted by atomic mass is 32.1. The largest absolute Gasteiger partial charge is 0.495 e. The first-order valence-corrected chi connectivity index (χ1v) is 8.93. The van der Waals surface area contributed by atoms with Crippen molar-refractivity contribution in [2.24, 2.45) is 0 Å². The molecule has 1 aromatic carbocycles. The Hall–Kier alpha value is -2.34. The summed E-state index contributed by atoms with van der Waals surface area (Å²) >= 11 is 1.41. The van der Waals surface area contributed by atoms with Gasteiger partial charge in [-0.3, -0.25) is 4.79 Å². The first-order valence-electron chi connectivity index (χ1n) is 8.11. The molecule has 1 atom stereocenters. The molecule has 1 heterocycles. The Morgan fingerprint density at radius 3 is 2.56 bits per heavy atom. The first kappa shape index (κ1) is 19.0. The Bertz CT molecular complexity index is 782. The van der Waals surface area contributed by atoms with Gasteiger partial charge in [0.15, 0.2) is 6.10 Å². The smallest absolute Gasteiger partial charge is 0.349 e. The number of esters is 1. The molecule has 1 amide bonds. The van der Waals surface area contributed by atoms with E-state index in [-0.39, 0.29) is 0 Å². The van der Waals surface area contributed by atoms with E-state index in [1.54, 1.807) is 25.1 Å². The van der Waals surface area contributed by atoms with Crippen LogP contribution in [0.3, 0.4) is 0 Å². The van der Waals surface area contributed by atoms with Crippen molar-refractivity contribution in [2.75, 3.05) is 12.4 Å². The van der Waals surface area contributed by atoms with Gasteiger partial charge in [-0.2, -0.15) is 0 Å². The molecule has 0 saturated carbocycles. The number of carbonyl (C=O) groups excluding carboxylic acids is 2. The van der Waals surface area contributed by atoms with Crippen LogP contribution in [0.5, 0.6) is 5.75 Å². The molecule has 25 heavy (non-hydrogen) atoms. The fraction of sp³-hybridized carbons (Fsp3) is 0.368. The molecule has 0 unspecified atom stereocenters. The molecule has 0 fully saturated rings. The zero-order valence-electron chi connectivity index (χ0n) is 15.1. The maximum atomic E-state index is 12.3. The average Bonchev–Trinajstić information content (AvgIpc) is 2.96. The standard InChI is InChI=1S/C19H23NO4S/c1-6-16-12(3)10-17(25-16)19(22)24-13(4)18(21)20-14-9-11(2)7-8-15(14)23-5/h7-10,13H,6H2,1-5H3,(H,20,21)/t13-/m1/s1. The van der Waals surface area contributed by atoms with E-state index in [2.05, 4.69) is 5.32 Å². The van der Waals surface area contributed by atoms with Crippen LogP contribution in [-0.4, -0.2) is 25.1 Å². The maximum absolute atomic E-state index is 12.3. The van der Waals surface area contributed by atoms with Crippen LogP contribution < -0.4 is 10.1 Å². The van der Waals surface area contributed by atoms with Crippen LogP contribution in [0.2, 0.25) is 0 Å². The highest BCUT2D eigenvalue weighted by molar-refractivity contribution is 7.14. The molecule has 2 aromatic rings. The zero-order valence-corrected chi connectivity index (χ0v) is 16.0. The summed E-state index contributed by atoms with van der Waals surface area (Å²) < 4.78 is 10.5. The van der Waals surface area contributed by atoms with E-state index < -0.39 is 18.0 Å². The van der Waals surface area contributed by atoms with Gasteiger partial charge in [0.05, 0.1) is 12.8 Å². The predicted octanol–water partition coefficient (Wildman–Crippen LogP) is 4.12. The zero-order chi connectivity index (χ0) is 18.6. The number of thiophene rings is 1. The number of hydrogen-bond donors (Lipinski definition) is 1. The fourth-order valence-corrected chi connectivity index (χ4v) is 3.39. The number of amides is 1. The van der Waals surface area contributed by atoms with E-state index in [1.165, 1.54) is 18.4 Å². The summed E-state index contributed by atoms with van der Waals surface area (Å²) in [6.45, 7) is 7.48. The molecular formula is C19H23NO4S. The van der Waals surface area contributed by atoms with Gasteiger partial charge in [-0.05, 0) is 56.5 Å². The first-order chi connectivity index (χ1) is 11.8. The molecule has 0 radical (unpaired) electrons. The average molecular weight is 361 g/mol. The van der Waals surface area contributed by atoms with Crippen molar-refractivity contribution in [3.8, 4) is 5.75 Å². The Balaban J connectivity index is 2.05. The number of aryl methyl sites for hydroxylation is 3. The van der Waals surface area contributed by atoms with E-state index in [0.717, 1.165) is 22.4 Å². The van der Waals surface area contributed by atoms with E-state index >= 15 is 0 Å². The molecule has 5 nitrogen and oxygen atoms in total. The second kappa shape index (κ2) is 8.16. The number of anilines is 1. The van der Waals surface area contributed by atoms with Crippen LogP contribution in [0.15, 0.2) is 24.3 Å². The molecular weight excluding hydrogens is 338 g/mol. The lowest BCUT2D eigenvalue weighted by Crippen LogP contribution is -2.30. The summed E-state index contributed by atoms with van der Waals surface area (Å²) in [5, 5.41) is 2.75. The highest BCUT2D eigenvalue weighted by Crippen LogP contribution is 2.26. The number of rotatable bonds is 6. The number of carbonyl (C=O) groups is 2. The molecule has 0 aliphatic heterocycles. The Kier molecular flexibility index (Phi) is 6.20. The molecule has 2 rings (SSSR count). The summed E-state index contributed by atoms with van der Waals surface area (Å²) in [7, 11) is 1.54. The normalized spacial score (nSPS) is 11.7. The Morgan fingerprint density at radius 1 is 1.24 bits per heavy atom. The molecule has 1 aromatic heterocycles. The molecule has 0 saturated heterocycles. The van der Waals surface area contributed by atoms with Gasteiger partial charge in [-0.15, -0.1) is 11.3 Å². The van der Waals surface area contributed by atoms with Crippen LogP contribution in [0.1, 0.15) is 39.5 Å². The second-order valence-electron chi connectivity index (χ2n) is 5.81. The minimum Gasteiger partial charge on any atom is -0.495 e. The van der Waals surface area contributed by atoms with E-state index in [4.69, 9.17) is 9.47 Å². The van der Waals surface area contributed by atoms with Gasteiger partial charge in [0, 0.05) is 4.88 Å². The molecule has 134 valence electrons. The number of hydrogen-bond acceptors (Lipinski definition) is 5. The van der Waals surface area contributed by atoms with Gasteiger partial charge in [0.25, 0.3) is 5.91 Å². The van der Waals surface area contributed by atoms with Crippen LogP contribution >= 0.6 is 11.3 Å². The van der Waals surface area contributed by atoms with Crippen LogP contribution in [-0.2, 0) is 16.0 Å². The summed E-state index contributed by atoms with van der Waals surface area (Å²) in [6, 6.07) is 7.28. The van der Waals surface area contributed by atoms with Crippen molar-refractivity contribution >= 4 is 28.9 Å². The van der Waals surface area contributed by atoms with Crippen molar-refractivity contribution in [3.63, 3.8) is 0 Å². The summed E-state index contributed by atoms with van der Waals surface area (Å²) in [5.74, 6) is -0.327. The fourth-order valence-electron chi connectivity index (χ4n) is 2.40. The van der Waals surface area contributed by atoms with Crippen LogP contribution in [0, 0.1) is 13.8 Å². The van der Waals surface area contributed by atoms with Gasteiger partial charge in [0.1, 0.15) is 10.6 Å². The Morgan fingerprint density at radius 2 is 1.96 bits per heavy atom. The minimum absolute atomic E-state index is 0.402. The van der Waals surface area contributed by atoms with Crippen molar-refractivity contribution in [1.82, 2.24) is 0 Å². The predicted molar refractivity (Wildman–Crippen MR) is 99.7 cm³/mol.